The number of nitrogens with one attached hydrogen (secondary N) is 1. The second-order valence-corrected chi connectivity index (χ2v) is 8.60. The van der Waals surface area contributed by atoms with Crippen molar-refractivity contribution >= 4 is 22.8 Å². The zero-order valence-electron chi connectivity index (χ0n) is 19.5. The molecule has 0 saturated heterocycles. The van der Waals surface area contributed by atoms with Gasteiger partial charge >= 0.3 is 0 Å². The van der Waals surface area contributed by atoms with Crippen molar-refractivity contribution in [1.82, 2.24) is 24.5 Å². The first-order valence-corrected chi connectivity index (χ1v) is 11.2. The zero-order chi connectivity index (χ0) is 23.7. The summed E-state index contributed by atoms with van der Waals surface area (Å²) in [5.74, 6) is 0.312. The van der Waals surface area contributed by atoms with E-state index in [0.29, 0.717) is 18.0 Å². The molecule has 2 aromatic carbocycles. The van der Waals surface area contributed by atoms with Crippen LogP contribution < -0.4 is 5.32 Å². The molecule has 1 N–H and O–H groups in total. The summed E-state index contributed by atoms with van der Waals surface area (Å²) < 4.78 is 3.46. The van der Waals surface area contributed by atoms with E-state index in [4.69, 9.17) is 0 Å². The Morgan fingerprint density at radius 1 is 0.941 bits per heavy atom. The van der Waals surface area contributed by atoms with Crippen LogP contribution in [0, 0.1) is 20.8 Å². The molecule has 0 radical (unpaired) electrons. The highest BCUT2D eigenvalue weighted by molar-refractivity contribution is 5.96. The van der Waals surface area contributed by atoms with Crippen LogP contribution in [0.1, 0.15) is 22.4 Å². The van der Waals surface area contributed by atoms with Crippen molar-refractivity contribution in [3.63, 3.8) is 0 Å². The molecule has 7 nitrogen and oxygen atoms in total. The van der Waals surface area contributed by atoms with Gasteiger partial charge in [-0.3, -0.25) is 9.48 Å². The molecule has 34 heavy (non-hydrogen) atoms. The molecular weight excluding hydrogens is 424 g/mol. The van der Waals surface area contributed by atoms with Crippen LogP contribution in [0.2, 0.25) is 0 Å². The molecule has 0 spiro atoms. The number of hydrogen-bond acceptors (Lipinski definition) is 4. The van der Waals surface area contributed by atoms with Crippen molar-refractivity contribution in [2.75, 3.05) is 5.32 Å². The smallest absolute Gasteiger partial charge is 0.247 e. The average molecular weight is 451 g/mol. The van der Waals surface area contributed by atoms with Gasteiger partial charge in [-0.15, -0.1) is 0 Å². The van der Waals surface area contributed by atoms with Gasteiger partial charge in [0.15, 0.2) is 11.5 Å². The molecule has 5 aromatic rings. The summed E-state index contributed by atoms with van der Waals surface area (Å²) in [6, 6.07) is 20.5. The minimum absolute atomic E-state index is 0.0550. The molecule has 7 heteroatoms. The van der Waals surface area contributed by atoms with E-state index < -0.39 is 0 Å². The van der Waals surface area contributed by atoms with E-state index in [2.05, 4.69) is 76.8 Å². The first kappa shape index (κ1) is 21.6. The minimum Gasteiger partial charge on any atom is -0.308 e. The lowest BCUT2D eigenvalue weighted by atomic mass is 10.0. The molecule has 0 atom stereocenters. The quantitative estimate of drug-likeness (QED) is 0.399. The average Bonchev–Trinajstić information content (AvgIpc) is 3.39. The van der Waals surface area contributed by atoms with Crippen LogP contribution >= 0.6 is 0 Å². The topological polar surface area (TPSA) is 77.6 Å². The highest BCUT2D eigenvalue weighted by atomic mass is 16.2. The lowest BCUT2D eigenvalue weighted by Crippen LogP contribution is -2.20. The first-order valence-electron chi connectivity index (χ1n) is 11.2. The summed E-state index contributed by atoms with van der Waals surface area (Å²) in [5.41, 5.74) is 7.27. The number of pyridine rings is 1. The maximum atomic E-state index is 12.8. The van der Waals surface area contributed by atoms with Crippen molar-refractivity contribution in [2.45, 2.75) is 33.9 Å². The third-order valence-electron chi connectivity index (χ3n) is 5.80. The lowest BCUT2D eigenvalue weighted by molar-refractivity contribution is -0.116. The molecule has 0 bridgehead atoms. The van der Waals surface area contributed by atoms with Crippen molar-refractivity contribution in [2.24, 2.45) is 0 Å². The van der Waals surface area contributed by atoms with Crippen LogP contribution in [0.4, 0.5) is 5.82 Å². The van der Waals surface area contributed by atoms with Crippen LogP contribution in [-0.2, 0) is 17.9 Å². The summed E-state index contributed by atoms with van der Waals surface area (Å²) in [5, 5.41) is 12.9. The number of carbonyl (C=O) groups excluding carboxylic acids is 1. The number of rotatable bonds is 6. The van der Waals surface area contributed by atoms with Gasteiger partial charge in [-0.1, -0.05) is 59.7 Å². The number of carbonyl (C=O) groups is 1. The molecule has 0 fully saturated rings. The van der Waals surface area contributed by atoms with Crippen LogP contribution in [-0.4, -0.2) is 30.5 Å². The second-order valence-electron chi connectivity index (χ2n) is 8.60. The summed E-state index contributed by atoms with van der Waals surface area (Å²) >= 11 is 0. The first-order chi connectivity index (χ1) is 16.5. The van der Waals surface area contributed by atoms with Crippen molar-refractivity contribution in [3.05, 3.63) is 95.4 Å². The van der Waals surface area contributed by atoms with Gasteiger partial charge in [0.05, 0.1) is 12.2 Å². The monoisotopic (exact) mass is 450 g/mol. The molecule has 5 rings (SSSR count). The molecule has 3 aromatic heterocycles. The molecule has 0 aliphatic carbocycles. The molecule has 0 aliphatic rings. The largest absolute Gasteiger partial charge is 0.308 e. The van der Waals surface area contributed by atoms with Gasteiger partial charge in [-0.05, 0) is 43.5 Å². The molecule has 3 heterocycles. The maximum Gasteiger partial charge on any atom is 0.247 e. The van der Waals surface area contributed by atoms with Gasteiger partial charge in [0.2, 0.25) is 5.91 Å². The van der Waals surface area contributed by atoms with E-state index in [0.717, 1.165) is 27.8 Å². The Bertz CT molecular complexity index is 1480. The van der Waals surface area contributed by atoms with Gasteiger partial charge < -0.3 is 5.32 Å². The highest BCUT2D eigenvalue weighted by Gasteiger charge is 2.16. The Morgan fingerprint density at radius 3 is 2.56 bits per heavy atom. The van der Waals surface area contributed by atoms with Crippen LogP contribution in [0.15, 0.2) is 73.1 Å². The van der Waals surface area contributed by atoms with E-state index in [1.807, 2.05) is 29.9 Å². The fraction of sp³-hybridized carbons (Fsp3) is 0.185. The highest BCUT2D eigenvalue weighted by Crippen LogP contribution is 2.30. The van der Waals surface area contributed by atoms with Gasteiger partial charge in [-0.2, -0.15) is 10.2 Å². The third kappa shape index (κ3) is 4.45. The Kier molecular flexibility index (Phi) is 5.67. The van der Waals surface area contributed by atoms with Crippen LogP contribution in [0.25, 0.3) is 22.2 Å². The van der Waals surface area contributed by atoms with Crippen molar-refractivity contribution in [1.29, 1.82) is 0 Å². The third-order valence-corrected chi connectivity index (χ3v) is 5.80. The molecule has 0 saturated carbocycles. The number of aromatic nitrogens is 5. The number of amides is 1. The fourth-order valence-electron chi connectivity index (χ4n) is 4.16. The van der Waals surface area contributed by atoms with E-state index in [-0.39, 0.29) is 12.5 Å². The lowest BCUT2D eigenvalue weighted by Gasteiger charge is -2.06. The Morgan fingerprint density at radius 2 is 1.76 bits per heavy atom. The van der Waals surface area contributed by atoms with Gasteiger partial charge in [-0.25, -0.2) is 9.67 Å². The molecule has 0 unspecified atom stereocenters. The van der Waals surface area contributed by atoms with E-state index in [1.165, 1.54) is 11.1 Å². The number of fused-ring (bicyclic) bond motifs is 1. The molecule has 1 amide bonds. The minimum atomic E-state index is -0.201. The number of benzene rings is 2. The number of aryl methyl sites for hydroxylation is 3. The number of hydrogen-bond donors (Lipinski definition) is 1. The fourth-order valence-corrected chi connectivity index (χ4v) is 4.16. The Balaban J connectivity index is 1.33. The van der Waals surface area contributed by atoms with Crippen molar-refractivity contribution < 1.29 is 4.79 Å². The van der Waals surface area contributed by atoms with Crippen LogP contribution in [0.5, 0.6) is 0 Å². The van der Waals surface area contributed by atoms with Crippen molar-refractivity contribution in [3.8, 4) is 11.1 Å². The van der Waals surface area contributed by atoms with Gasteiger partial charge in [0.25, 0.3) is 0 Å². The number of nitrogens with zero attached hydrogens (tertiary/aromatic N) is 5. The van der Waals surface area contributed by atoms with E-state index in [9.17, 15) is 4.79 Å². The summed E-state index contributed by atoms with van der Waals surface area (Å²) in [7, 11) is 0. The SMILES string of the molecule is Cc1ccc(Cn2ccc(NC(=O)Cn3nc(C)c4c(-c5cccc(C)c5)ccnc43)n2)cc1. The predicted octanol–water partition coefficient (Wildman–Crippen LogP) is 4.91. The molecule has 0 aliphatic heterocycles. The maximum absolute atomic E-state index is 12.8. The summed E-state index contributed by atoms with van der Waals surface area (Å²) in [4.78, 5) is 17.3. The predicted molar refractivity (Wildman–Crippen MR) is 134 cm³/mol. The zero-order valence-corrected chi connectivity index (χ0v) is 19.5. The van der Waals surface area contributed by atoms with E-state index in [1.54, 1.807) is 16.9 Å². The molecular formula is C27H26N6O. The summed E-state index contributed by atoms with van der Waals surface area (Å²) in [6.07, 6.45) is 3.63. The second kappa shape index (κ2) is 8.94. The molecule has 170 valence electrons. The number of anilines is 1. The van der Waals surface area contributed by atoms with Gasteiger partial charge in [0, 0.05) is 23.8 Å². The normalized spacial score (nSPS) is 11.1. The Hall–Kier alpha value is -4.26. The van der Waals surface area contributed by atoms with Crippen LogP contribution in [0.3, 0.4) is 0 Å². The van der Waals surface area contributed by atoms with Gasteiger partial charge in [0.1, 0.15) is 6.54 Å². The Labute approximate surface area is 198 Å². The standard InChI is InChI=1S/C27H26N6O/c1-18-7-9-21(10-8-18)16-32-14-12-24(31-32)29-25(34)17-33-27-26(20(3)30-33)23(11-13-28-27)22-6-4-5-19(2)15-22/h4-15H,16-17H2,1-3H3,(H,29,31,34). The van der Waals surface area contributed by atoms with E-state index >= 15 is 0 Å². The summed E-state index contributed by atoms with van der Waals surface area (Å²) in [6.45, 7) is 6.79.